The third-order valence-corrected chi connectivity index (χ3v) is 4.64. The molecular weight excluding hydrogens is 406 g/mol. The lowest BCUT2D eigenvalue weighted by Crippen LogP contribution is -2.24. The Morgan fingerprint density at radius 3 is 2.87 bits per heavy atom. The quantitative estimate of drug-likeness (QED) is 0.679. The van der Waals surface area contributed by atoms with E-state index in [1.807, 2.05) is 31.2 Å². The fourth-order valence-electron chi connectivity index (χ4n) is 3.15. The van der Waals surface area contributed by atoms with Crippen LogP contribution in [0.3, 0.4) is 0 Å². The first kappa shape index (κ1) is 23.2. The molecule has 0 aliphatic carbocycles. The first-order chi connectivity index (χ1) is 14.0. The molecule has 0 saturated carbocycles. The number of amides is 2. The highest BCUT2D eigenvalue weighted by atomic mass is 35.5. The molecule has 0 unspecified atom stereocenters. The normalized spacial score (nSPS) is 12.6. The van der Waals surface area contributed by atoms with E-state index in [2.05, 4.69) is 10.3 Å². The second-order valence-electron chi connectivity index (χ2n) is 6.73. The molecule has 3 rings (SSSR count). The van der Waals surface area contributed by atoms with Crippen molar-refractivity contribution in [3.05, 3.63) is 53.2 Å². The van der Waals surface area contributed by atoms with Gasteiger partial charge in [0.2, 0.25) is 11.8 Å². The molecule has 0 fully saturated rings. The van der Waals surface area contributed by atoms with Gasteiger partial charge in [-0.2, -0.15) is 0 Å². The molecule has 1 aromatic carbocycles. The summed E-state index contributed by atoms with van der Waals surface area (Å²) in [6.45, 7) is 2.81. The number of carbonyl (C=O) groups excluding carboxylic acids is 2. The van der Waals surface area contributed by atoms with Crippen LogP contribution in [-0.4, -0.2) is 42.5 Å². The van der Waals surface area contributed by atoms with E-state index in [1.165, 1.54) is 6.08 Å². The number of nitrogens with one attached hydrogen (secondary N) is 1. The number of pyridine rings is 1. The van der Waals surface area contributed by atoms with Gasteiger partial charge in [-0.25, -0.2) is 4.98 Å². The van der Waals surface area contributed by atoms with Gasteiger partial charge >= 0.3 is 0 Å². The van der Waals surface area contributed by atoms with E-state index in [9.17, 15) is 9.59 Å². The number of likely N-dealkylation sites (N-methyl/N-ethyl adjacent to an activating group) is 1. The molecule has 1 aromatic heterocycles. The maximum atomic E-state index is 12.6. The summed E-state index contributed by atoms with van der Waals surface area (Å²) in [6, 6.07) is 7.58. The fraction of sp³-hybridized carbons (Fsp3) is 0.318. The third-order valence-electron chi connectivity index (χ3n) is 4.64. The first-order valence-corrected chi connectivity index (χ1v) is 9.52. The highest BCUT2D eigenvalue weighted by molar-refractivity contribution is 5.93. The molecule has 1 aliphatic rings. The lowest BCUT2D eigenvalue weighted by atomic mass is 10.0. The molecule has 8 heteroatoms. The summed E-state index contributed by atoms with van der Waals surface area (Å²) in [5, 5.41) is 2.75. The number of hydrogen-bond acceptors (Lipinski definition) is 5. The van der Waals surface area contributed by atoms with Crippen LogP contribution in [0.1, 0.15) is 30.0 Å². The number of aromatic nitrogens is 1. The molecule has 0 bridgehead atoms. The Morgan fingerprint density at radius 2 is 2.13 bits per heavy atom. The Morgan fingerprint density at radius 1 is 1.33 bits per heavy atom. The standard InChI is InChI=1S/C22H25N3O4.ClH/c1-4-29-21-17(6-5-7-18(21)28-3)14-25(2)20(27)11-8-15-12-16-9-10-19(26)24-22(16)23-13-15;/h5-8,11-13H,4,9-10,14H2,1-3H3,(H,23,24,26);1H. The molecule has 0 saturated heterocycles. The average molecular weight is 432 g/mol. The highest BCUT2D eigenvalue weighted by Gasteiger charge is 2.16. The minimum absolute atomic E-state index is 0. The number of hydrogen-bond donors (Lipinski definition) is 1. The van der Waals surface area contributed by atoms with Gasteiger partial charge in [0, 0.05) is 37.8 Å². The number of rotatable bonds is 7. The maximum absolute atomic E-state index is 12.6. The Hall–Kier alpha value is -3.06. The molecular formula is C22H26ClN3O4. The number of halogens is 1. The van der Waals surface area contributed by atoms with Crippen molar-refractivity contribution in [1.29, 1.82) is 0 Å². The summed E-state index contributed by atoms with van der Waals surface area (Å²) >= 11 is 0. The predicted molar refractivity (Wildman–Crippen MR) is 118 cm³/mol. The van der Waals surface area contributed by atoms with Crippen LogP contribution in [0.25, 0.3) is 6.08 Å². The number of fused-ring (bicyclic) bond motifs is 1. The Labute approximate surface area is 182 Å². The van der Waals surface area contributed by atoms with Crippen LogP contribution in [0.5, 0.6) is 11.5 Å². The van der Waals surface area contributed by atoms with E-state index in [4.69, 9.17) is 9.47 Å². The number of nitrogens with zero attached hydrogens (tertiary/aromatic N) is 2. The number of benzene rings is 1. The Kier molecular flexibility index (Phi) is 8.24. The van der Waals surface area contributed by atoms with Crippen molar-refractivity contribution in [2.45, 2.75) is 26.3 Å². The number of aryl methyl sites for hydroxylation is 1. The molecule has 2 amide bonds. The first-order valence-electron chi connectivity index (χ1n) is 9.52. The lowest BCUT2D eigenvalue weighted by Gasteiger charge is -2.19. The fourth-order valence-corrected chi connectivity index (χ4v) is 3.15. The largest absolute Gasteiger partial charge is 0.493 e. The van der Waals surface area contributed by atoms with Crippen LogP contribution in [-0.2, 0) is 22.6 Å². The number of anilines is 1. The Balaban J connectivity index is 0.00000320. The maximum Gasteiger partial charge on any atom is 0.246 e. The second-order valence-corrected chi connectivity index (χ2v) is 6.73. The minimum atomic E-state index is -0.138. The van der Waals surface area contributed by atoms with E-state index < -0.39 is 0 Å². The molecule has 0 radical (unpaired) electrons. The summed E-state index contributed by atoms with van der Waals surface area (Å²) in [7, 11) is 3.33. The minimum Gasteiger partial charge on any atom is -0.493 e. The summed E-state index contributed by atoms with van der Waals surface area (Å²) in [6.07, 6.45) is 6.00. The van der Waals surface area contributed by atoms with Crippen molar-refractivity contribution >= 4 is 36.1 Å². The van der Waals surface area contributed by atoms with Crippen LogP contribution >= 0.6 is 12.4 Å². The molecule has 1 N–H and O–H groups in total. The van der Waals surface area contributed by atoms with Crippen molar-refractivity contribution in [2.24, 2.45) is 0 Å². The zero-order chi connectivity index (χ0) is 20.8. The van der Waals surface area contributed by atoms with Crippen LogP contribution in [0.2, 0.25) is 0 Å². The van der Waals surface area contributed by atoms with Crippen molar-refractivity contribution < 1.29 is 19.1 Å². The van der Waals surface area contributed by atoms with Gasteiger partial charge in [0.15, 0.2) is 11.5 Å². The van der Waals surface area contributed by atoms with Gasteiger partial charge < -0.3 is 19.7 Å². The van der Waals surface area contributed by atoms with Crippen molar-refractivity contribution in [3.63, 3.8) is 0 Å². The van der Waals surface area contributed by atoms with Gasteiger partial charge in [-0.3, -0.25) is 9.59 Å². The topological polar surface area (TPSA) is 80.8 Å². The predicted octanol–water partition coefficient (Wildman–Crippen LogP) is 3.47. The zero-order valence-electron chi connectivity index (χ0n) is 17.3. The smallest absolute Gasteiger partial charge is 0.246 e. The van der Waals surface area contributed by atoms with Crippen LogP contribution in [0, 0.1) is 0 Å². The van der Waals surface area contributed by atoms with Gasteiger partial charge in [0.1, 0.15) is 5.82 Å². The molecule has 2 aromatic rings. The van der Waals surface area contributed by atoms with Gasteiger partial charge in [0.25, 0.3) is 0 Å². The highest BCUT2D eigenvalue weighted by Crippen LogP contribution is 2.31. The van der Waals surface area contributed by atoms with Crippen LogP contribution in [0.15, 0.2) is 36.5 Å². The molecule has 30 heavy (non-hydrogen) atoms. The van der Waals surface area contributed by atoms with Crippen LogP contribution in [0.4, 0.5) is 5.82 Å². The van der Waals surface area contributed by atoms with Crippen molar-refractivity contribution in [3.8, 4) is 11.5 Å². The number of methoxy groups -OCH3 is 1. The summed E-state index contributed by atoms with van der Waals surface area (Å²) < 4.78 is 11.1. The van der Waals surface area contributed by atoms with E-state index >= 15 is 0 Å². The average Bonchev–Trinajstić information content (AvgIpc) is 2.73. The molecule has 1 aliphatic heterocycles. The monoisotopic (exact) mass is 431 g/mol. The summed E-state index contributed by atoms with van der Waals surface area (Å²) in [4.78, 5) is 29.9. The second kappa shape index (κ2) is 10.6. The van der Waals surface area contributed by atoms with E-state index in [0.717, 1.165) is 16.7 Å². The van der Waals surface area contributed by atoms with Crippen LogP contribution < -0.4 is 14.8 Å². The molecule has 0 spiro atoms. The van der Waals surface area contributed by atoms with Gasteiger partial charge in [-0.1, -0.05) is 12.1 Å². The number of carbonyl (C=O) groups is 2. The third kappa shape index (κ3) is 5.51. The van der Waals surface area contributed by atoms with Gasteiger partial charge in [0.05, 0.1) is 13.7 Å². The number of ether oxygens (including phenoxy) is 2. The summed E-state index contributed by atoms with van der Waals surface area (Å²) in [5.41, 5.74) is 2.67. The van der Waals surface area contributed by atoms with E-state index in [0.29, 0.717) is 43.3 Å². The summed E-state index contributed by atoms with van der Waals surface area (Å²) in [5.74, 6) is 1.74. The van der Waals surface area contributed by atoms with E-state index in [1.54, 1.807) is 31.3 Å². The molecule has 7 nitrogen and oxygen atoms in total. The van der Waals surface area contributed by atoms with E-state index in [-0.39, 0.29) is 24.2 Å². The zero-order valence-corrected chi connectivity index (χ0v) is 18.1. The molecule has 2 heterocycles. The van der Waals surface area contributed by atoms with Crippen molar-refractivity contribution in [2.75, 3.05) is 26.1 Å². The number of para-hydroxylation sites is 1. The van der Waals surface area contributed by atoms with Gasteiger partial charge in [-0.15, -0.1) is 12.4 Å². The van der Waals surface area contributed by atoms with Crippen molar-refractivity contribution in [1.82, 2.24) is 9.88 Å². The van der Waals surface area contributed by atoms with Gasteiger partial charge in [-0.05, 0) is 42.7 Å². The molecule has 160 valence electrons. The lowest BCUT2D eigenvalue weighted by molar-refractivity contribution is -0.125. The SMILES string of the molecule is CCOc1c(CN(C)C(=O)C=Cc2cnc3c(c2)CCC(=O)N3)cccc1OC.Cl. The Bertz CT molecular complexity index is 946. The molecule has 0 atom stereocenters.